The summed E-state index contributed by atoms with van der Waals surface area (Å²) in [5, 5.41) is 11.3. The Bertz CT molecular complexity index is 624. The van der Waals surface area contributed by atoms with Crippen LogP contribution < -0.4 is 11.0 Å². The molecule has 2 atom stereocenters. The van der Waals surface area contributed by atoms with Gasteiger partial charge in [-0.15, -0.1) is 11.8 Å². The van der Waals surface area contributed by atoms with E-state index in [1.54, 1.807) is 0 Å². The van der Waals surface area contributed by atoms with Crippen LogP contribution in [0.15, 0.2) is 17.1 Å². The Morgan fingerprint density at radius 1 is 1.61 bits per heavy atom. The highest BCUT2D eigenvalue weighted by molar-refractivity contribution is 8.00. The SMILES string of the molecule is O=C(Nc1ccn(C2CS[C@H](CO)O2)c(=O)n1)OCC(Cl)(Cl)Cl. The third-order valence-electron chi connectivity index (χ3n) is 2.62. The number of nitrogens with one attached hydrogen (secondary N) is 1. The third kappa shape index (κ3) is 5.70. The summed E-state index contributed by atoms with van der Waals surface area (Å²) in [5.74, 6) is 0.496. The molecule has 1 aliphatic rings. The van der Waals surface area contributed by atoms with E-state index in [9.17, 15) is 9.59 Å². The van der Waals surface area contributed by atoms with Gasteiger partial charge in [0.05, 0.1) is 6.61 Å². The van der Waals surface area contributed by atoms with E-state index in [4.69, 9.17) is 44.6 Å². The van der Waals surface area contributed by atoms with Gasteiger partial charge < -0.3 is 14.6 Å². The Hall–Kier alpha value is -0.710. The molecule has 1 saturated heterocycles. The number of hydrogen-bond acceptors (Lipinski definition) is 7. The number of carbonyl (C=O) groups excluding carboxylic acids is 1. The van der Waals surface area contributed by atoms with E-state index in [-0.39, 0.29) is 17.9 Å². The fourth-order valence-corrected chi connectivity index (χ4v) is 2.77. The molecule has 0 bridgehead atoms. The van der Waals surface area contributed by atoms with Crippen molar-refractivity contribution in [2.75, 3.05) is 24.3 Å². The van der Waals surface area contributed by atoms with Crippen molar-refractivity contribution in [3.05, 3.63) is 22.7 Å². The minimum Gasteiger partial charge on any atom is -0.445 e. The van der Waals surface area contributed by atoms with Gasteiger partial charge >= 0.3 is 11.8 Å². The number of halogens is 3. The molecule has 2 heterocycles. The molecule has 2 rings (SSSR count). The number of ether oxygens (including phenoxy) is 2. The van der Waals surface area contributed by atoms with Crippen LogP contribution in [0.25, 0.3) is 0 Å². The maximum Gasteiger partial charge on any atom is 0.412 e. The first-order chi connectivity index (χ1) is 10.8. The number of alkyl halides is 3. The van der Waals surface area contributed by atoms with Gasteiger partial charge in [0, 0.05) is 11.9 Å². The van der Waals surface area contributed by atoms with Gasteiger partial charge in [0.1, 0.15) is 24.1 Å². The van der Waals surface area contributed by atoms with Crippen molar-refractivity contribution in [2.45, 2.75) is 15.5 Å². The minimum atomic E-state index is -1.73. The number of rotatable bonds is 4. The second-order valence-corrected chi connectivity index (χ2v) is 8.06. The Labute approximate surface area is 150 Å². The number of nitrogens with zero attached hydrogens (tertiary/aromatic N) is 2. The molecule has 128 valence electrons. The molecule has 1 aromatic rings. The van der Waals surface area contributed by atoms with Gasteiger partial charge in [-0.3, -0.25) is 9.88 Å². The van der Waals surface area contributed by atoms with Crippen molar-refractivity contribution in [1.29, 1.82) is 0 Å². The van der Waals surface area contributed by atoms with E-state index in [1.807, 2.05) is 0 Å². The van der Waals surface area contributed by atoms with Crippen molar-refractivity contribution < 1.29 is 19.4 Å². The van der Waals surface area contributed by atoms with Crippen molar-refractivity contribution >= 4 is 58.5 Å². The first-order valence-electron chi connectivity index (χ1n) is 6.26. The average Bonchev–Trinajstić information content (AvgIpc) is 2.93. The lowest BCUT2D eigenvalue weighted by Gasteiger charge is -2.14. The molecule has 1 aliphatic heterocycles. The molecule has 0 radical (unpaired) electrons. The summed E-state index contributed by atoms with van der Waals surface area (Å²) in [5.41, 5.74) is -0.991. The maximum atomic E-state index is 12.0. The fraction of sp³-hybridized carbons (Fsp3) is 0.545. The van der Waals surface area contributed by atoms with Crippen LogP contribution in [-0.4, -0.2) is 48.9 Å². The smallest absolute Gasteiger partial charge is 0.412 e. The number of amides is 1. The molecular weight excluding hydrogens is 393 g/mol. The predicted octanol–water partition coefficient (Wildman–Crippen LogP) is 1.74. The summed E-state index contributed by atoms with van der Waals surface area (Å²) < 4.78 is 9.65. The van der Waals surface area contributed by atoms with Crippen molar-refractivity contribution in [1.82, 2.24) is 9.55 Å². The number of carbonyl (C=O) groups is 1. The maximum absolute atomic E-state index is 12.0. The van der Waals surface area contributed by atoms with E-state index in [0.717, 1.165) is 0 Å². The molecule has 1 amide bonds. The number of aromatic nitrogens is 2. The van der Waals surface area contributed by atoms with Crippen LogP contribution in [0, 0.1) is 0 Å². The highest BCUT2D eigenvalue weighted by Crippen LogP contribution is 2.30. The second kappa shape index (κ2) is 7.91. The lowest BCUT2D eigenvalue weighted by atomic mass is 10.5. The summed E-state index contributed by atoms with van der Waals surface area (Å²) in [6.45, 7) is -0.589. The number of hydrogen-bond donors (Lipinski definition) is 2. The lowest BCUT2D eigenvalue weighted by Crippen LogP contribution is -2.30. The summed E-state index contributed by atoms with van der Waals surface area (Å²) in [4.78, 5) is 27.1. The van der Waals surface area contributed by atoms with Crippen LogP contribution in [0.5, 0.6) is 0 Å². The summed E-state index contributed by atoms with van der Waals surface area (Å²) >= 11 is 17.7. The molecule has 12 heteroatoms. The Kier molecular flexibility index (Phi) is 6.40. The van der Waals surface area contributed by atoms with Crippen LogP contribution in [0.4, 0.5) is 10.6 Å². The molecule has 1 aromatic heterocycles. The zero-order chi connectivity index (χ0) is 17.0. The molecule has 2 N–H and O–H groups in total. The van der Waals surface area contributed by atoms with Gasteiger partial charge in [-0.2, -0.15) is 4.98 Å². The van der Waals surface area contributed by atoms with Crippen molar-refractivity contribution in [3.8, 4) is 0 Å². The lowest BCUT2D eigenvalue weighted by molar-refractivity contribution is -0.00629. The van der Waals surface area contributed by atoms with Gasteiger partial charge in [0.2, 0.25) is 3.79 Å². The average molecular weight is 405 g/mol. The number of aliphatic hydroxyl groups excluding tert-OH is 1. The summed E-state index contributed by atoms with van der Waals surface area (Å²) in [7, 11) is 0. The molecule has 0 spiro atoms. The van der Waals surface area contributed by atoms with Crippen LogP contribution in [0.2, 0.25) is 0 Å². The Balaban J connectivity index is 1.97. The number of thioether (sulfide) groups is 1. The van der Waals surface area contributed by atoms with Gasteiger partial charge in [0.15, 0.2) is 0 Å². The third-order valence-corrected chi connectivity index (χ3v) is 4.06. The number of aliphatic hydroxyl groups is 1. The molecule has 0 saturated carbocycles. The molecule has 1 fully saturated rings. The summed E-state index contributed by atoms with van der Waals surface area (Å²) in [6.07, 6.45) is -0.0123. The quantitative estimate of drug-likeness (QED) is 0.737. The van der Waals surface area contributed by atoms with E-state index in [2.05, 4.69) is 15.0 Å². The Morgan fingerprint density at radius 3 is 2.91 bits per heavy atom. The standard InChI is InChI=1S/C11H12Cl3N3O5S/c12-11(13,14)5-21-10(20)16-6-1-2-17(9(19)15-6)7-4-23-8(3-18)22-7/h1-2,7-8,18H,3-5H2,(H,15,16,19,20)/t7?,8-/m1/s1. The second-order valence-electron chi connectivity index (χ2n) is 4.36. The molecule has 23 heavy (non-hydrogen) atoms. The van der Waals surface area contributed by atoms with Crippen LogP contribution in [-0.2, 0) is 9.47 Å². The highest BCUT2D eigenvalue weighted by atomic mass is 35.6. The molecular formula is C11H12Cl3N3O5S. The Morgan fingerprint density at radius 2 is 2.35 bits per heavy atom. The largest absolute Gasteiger partial charge is 0.445 e. The normalized spacial score (nSPS) is 21.2. The number of anilines is 1. The van der Waals surface area contributed by atoms with Gasteiger partial charge in [-0.05, 0) is 6.07 Å². The van der Waals surface area contributed by atoms with E-state index in [1.165, 1.54) is 28.6 Å². The van der Waals surface area contributed by atoms with E-state index < -0.39 is 28.4 Å². The van der Waals surface area contributed by atoms with Crippen molar-refractivity contribution in [2.24, 2.45) is 0 Å². The van der Waals surface area contributed by atoms with Crippen LogP contribution >= 0.6 is 46.6 Å². The topological polar surface area (TPSA) is 103 Å². The molecule has 0 aromatic carbocycles. The first-order valence-corrected chi connectivity index (χ1v) is 8.44. The van der Waals surface area contributed by atoms with Gasteiger partial charge in [0.25, 0.3) is 0 Å². The van der Waals surface area contributed by atoms with Crippen LogP contribution in [0.1, 0.15) is 6.23 Å². The predicted molar refractivity (Wildman–Crippen MR) is 87.2 cm³/mol. The van der Waals surface area contributed by atoms with Crippen LogP contribution in [0.3, 0.4) is 0 Å². The van der Waals surface area contributed by atoms with Crippen molar-refractivity contribution in [3.63, 3.8) is 0 Å². The fourth-order valence-electron chi connectivity index (χ4n) is 1.67. The monoisotopic (exact) mass is 403 g/mol. The zero-order valence-corrected chi connectivity index (χ0v) is 14.5. The highest BCUT2D eigenvalue weighted by Gasteiger charge is 2.27. The molecule has 8 nitrogen and oxygen atoms in total. The molecule has 1 unspecified atom stereocenters. The van der Waals surface area contributed by atoms with Gasteiger partial charge in [-0.25, -0.2) is 9.59 Å². The molecule has 0 aliphatic carbocycles. The first kappa shape index (κ1) is 18.6. The van der Waals surface area contributed by atoms with E-state index >= 15 is 0 Å². The minimum absolute atomic E-state index is 0.00933. The summed E-state index contributed by atoms with van der Waals surface area (Å²) in [6, 6.07) is 1.40. The zero-order valence-electron chi connectivity index (χ0n) is 11.4. The van der Waals surface area contributed by atoms with E-state index in [0.29, 0.717) is 5.75 Å². The van der Waals surface area contributed by atoms with Gasteiger partial charge in [-0.1, -0.05) is 34.8 Å².